The van der Waals surface area contributed by atoms with E-state index in [0.29, 0.717) is 18.5 Å². The fraction of sp³-hybridized carbons (Fsp3) is 0.278. The molecule has 1 fully saturated rings. The summed E-state index contributed by atoms with van der Waals surface area (Å²) >= 11 is 6.03. The van der Waals surface area contributed by atoms with Gasteiger partial charge in [0.25, 0.3) is 0 Å². The standard InChI is InChI=1S/C18H14ClFN4O/c1-11-18(25,13-2-3-14(9-22)23-10-13)4-5-24(11)17-7-15(19)12(8-21)6-16(17)20/h2-3,6-7,10-11,25H,4-5H2,1H3/t11-,18-/m0/s1. The van der Waals surface area contributed by atoms with E-state index in [0.717, 1.165) is 6.07 Å². The number of anilines is 1. The Bertz CT molecular complexity index is 903. The summed E-state index contributed by atoms with van der Waals surface area (Å²) in [7, 11) is 0. The third-order valence-electron chi connectivity index (χ3n) is 4.74. The second kappa shape index (κ2) is 6.33. The van der Waals surface area contributed by atoms with Crippen LogP contribution >= 0.6 is 11.6 Å². The molecular formula is C18H14ClFN4O. The largest absolute Gasteiger partial charge is 0.383 e. The Morgan fingerprint density at radius 2 is 2.12 bits per heavy atom. The fourth-order valence-electron chi connectivity index (χ4n) is 3.22. The number of nitrogens with zero attached hydrogens (tertiary/aromatic N) is 4. The number of rotatable bonds is 2. The first-order valence-electron chi connectivity index (χ1n) is 7.65. The van der Waals surface area contributed by atoms with Gasteiger partial charge in [-0.05, 0) is 31.5 Å². The molecule has 0 amide bonds. The number of nitriles is 2. The third kappa shape index (κ3) is 2.80. The van der Waals surface area contributed by atoms with E-state index in [1.807, 2.05) is 12.1 Å². The minimum atomic E-state index is -1.23. The number of pyridine rings is 1. The second-order valence-corrected chi connectivity index (χ2v) is 6.39. The predicted molar refractivity (Wildman–Crippen MR) is 90.4 cm³/mol. The van der Waals surface area contributed by atoms with Gasteiger partial charge < -0.3 is 10.0 Å². The maximum Gasteiger partial charge on any atom is 0.147 e. The van der Waals surface area contributed by atoms with E-state index < -0.39 is 17.5 Å². The van der Waals surface area contributed by atoms with Crippen LogP contribution in [0, 0.1) is 28.5 Å². The molecule has 0 spiro atoms. The lowest BCUT2D eigenvalue weighted by atomic mass is 9.88. The van der Waals surface area contributed by atoms with E-state index in [1.54, 1.807) is 24.0 Å². The highest BCUT2D eigenvalue weighted by molar-refractivity contribution is 6.32. The molecule has 0 unspecified atom stereocenters. The molecule has 7 heteroatoms. The van der Waals surface area contributed by atoms with Crippen LogP contribution < -0.4 is 4.90 Å². The van der Waals surface area contributed by atoms with Crippen LogP contribution in [0.1, 0.15) is 30.2 Å². The molecule has 1 aliphatic rings. The van der Waals surface area contributed by atoms with Crippen LogP contribution in [0.25, 0.3) is 0 Å². The van der Waals surface area contributed by atoms with Gasteiger partial charge in [0.15, 0.2) is 0 Å². The lowest BCUT2D eigenvalue weighted by Gasteiger charge is -2.33. The number of aromatic nitrogens is 1. The Labute approximate surface area is 149 Å². The zero-order valence-corrected chi connectivity index (χ0v) is 14.1. The first-order valence-corrected chi connectivity index (χ1v) is 8.03. The van der Waals surface area contributed by atoms with Crippen LogP contribution in [-0.4, -0.2) is 22.7 Å². The maximum absolute atomic E-state index is 14.4. The Morgan fingerprint density at radius 1 is 1.36 bits per heavy atom. The maximum atomic E-state index is 14.4. The van der Waals surface area contributed by atoms with Crippen molar-refractivity contribution in [1.82, 2.24) is 4.98 Å². The SMILES string of the molecule is C[C@@H]1N(c2cc(Cl)c(C#N)cc2F)CC[C@@]1(O)c1ccc(C#N)nc1. The molecule has 0 aliphatic carbocycles. The molecule has 1 aromatic heterocycles. The smallest absolute Gasteiger partial charge is 0.147 e. The van der Waals surface area contributed by atoms with Crippen molar-refractivity contribution >= 4 is 17.3 Å². The van der Waals surface area contributed by atoms with E-state index in [9.17, 15) is 9.50 Å². The first-order chi connectivity index (χ1) is 11.9. The topological polar surface area (TPSA) is 83.9 Å². The molecule has 2 heterocycles. The highest BCUT2D eigenvalue weighted by atomic mass is 35.5. The minimum Gasteiger partial charge on any atom is -0.383 e. The molecule has 1 aliphatic heterocycles. The average molecular weight is 357 g/mol. The van der Waals surface area contributed by atoms with Crippen molar-refractivity contribution < 1.29 is 9.50 Å². The number of aliphatic hydroxyl groups is 1. The van der Waals surface area contributed by atoms with Gasteiger partial charge in [0.05, 0.1) is 22.3 Å². The Hall–Kier alpha value is -2.67. The summed E-state index contributed by atoms with van der Waals surface area (Å²) in [5.41, 5.74) is -0.0786. The quantitative estimate of drug-likeness (QED) is 0.893. The molecule has 5 nitrogen and oxygen atoms in total. The van der Waals surface area contributed by atoms with Gasteiger partial charge in [-0.2, -0.15) is 10.5 Å². The molecule has 0 saturated carbocycles. The summed E-state index contributed by atoms with van der Waals surface area (Å²) in [5, 5.41) is 29.1. The van der Waals surface area contributed by atoms with Crippen molar-refractivity contribution in [3.05, 3.63) is 58.1 Å². The molecule has 2 atom stereocenters. The van der Waals surface area contributed by atoms with E-state index in [1.165, 1.54) is 12.3 Å². The van der Waals surface area contributed by atoms with Crippen LogP contribution in [-0.2, 0) is 5.60 Å². The van der Waals surface area contributed by atoms with Gasteiger partial charge in [-0.3, -0.25) is 0 Å². The van der Waals surface area contributed by atoms with E-state index in [2.05, 4.69) is 4.98 Å². The number of benzene rings is 1. The summed E-state index contributed by atoms with van der Waals surface area (Å²) < 4.78 is 14.4. The molecule has 0 radical (unpaired) electrons. The molecule has 1 saturated heterocycles. The average Bonchev–Trinajstić information content (AvgIpc) is 2.93. The van der Waals surface area contributed by atoms with Gasteiger partial charge >= 0.3 is 0 Å². The summed E-state index contributed by atoms with van der Waals surface area (Å²) in [5.74, 6) is -0.560. The summed E-state index contributed by atoms with van der Waals surface area (Å²) in [6.45, 7) is 2.20. The van der Waals surface area contributed by atoms with Gasteiger partial charge in [0.1, 0.15) is 29.3 Å². The van der Waals surface area contributed by atoms with E-state index >= 15 is 0 Å². The van der Waals surface area contributed by atoms with Gasteiger partial charge in [-0.25, -0.2) is 9.37 Å². The van der Waals surface area contributed by atoms with Crippen LogP contribution in [0.2, 0.25) is 5.02 Å². The minimum absolute atomic E-state index is 0.0707. The highest BCUT2D eigenvalue weighted by Crippen LogP contribution is 2.41. The van der Waals surface area contributed by atoms with E-state index in [4.69, 9.17) is 22.1 Å². The summed E-state index contributed by atoms with van der Waals surface area (Å²) in [4.78, 5) is 5.73. The highest BCUT2D eigenvalue weighted by Gasteiger charge is 2.45. The Morgan fingerprint density at radius 3 is 2.72 bits per heavy atom. The zero-order valence-electron chi connectivity index (χ0n) is 13.4. The van der Waals surface area contributed by atoms with Gasteiger partial charge in [0, 0.05) is 18.3 Å². The zero-order chi connectivity index (χ0) is 18.2. The van der Waals surface area contributed by atoms with Crippen LogP contribution in [0.15, 0.2) is 30.5 Å². The van der Waals surface area contributed by atoms with Gasteiger partial charge in [0.2, 0.25) is 0 Å². The predicted octanol–water partition coefficient (Wildman–Crippen LogP) is 3.10. The molecule has 1 aromatic carbocycles. The van der Waals surface area contributed by atoms with Crippen molar-refractivity contribution in [2.24, 2.45) is 0 Å². The van der Waals surface area contributed by atoms with Gasteiger partial charge in [-0.15, -0.1) is 0 Å². The number of hydrogen-bond donors (Lipinski definition) is 1. The number of hydrogen-bond acceptors (Lipinski definition) is 5. The van der Waals surface area contributed by atoms with Crippen LogP contribution in [0.4, 0.5) is 10.1 Å². The Kier molecular flexibility index (Phi) is 4.34. The monoisotopic (exact) mass is 356 g/mol. The summed E-state index contributed by atoms with van der Waals surface area (Å²) in [6, 6.07) is 9.05. The molecule has 126 valence electrons. The molecule has 25 heavy (non-hydrogen) atoms. The molecule has 2 aromatic rings. The van der Waals surface area contributed by atoms with E-state index in [-0.39, 0.29) is 22.0 Å². The molecule has 3 rings (SSSR count). The molecule has 0 bridgehead atoms. The second-order valence-electron chi connectivity index (χ2n) is 5.98. The van der Waals surface area contributed by atoms with Crippen LogP contribution in [0.5, 0.6) is 0 Å². The van der Waals surface area contributed by atoms with Crippen molar-refractivity contribution in [2.45, 2.75) is 25.0 Å². The first kappa shape index (κ1) is 17.2. The van der Waals surface area contributed by atoms with Crippen molar-refractivity contribution in [1.29, 1.82) is 10.5 Å². The third-order valence-corrected chi connectivity index (χ3v) is 5.05. The van der Waals surface area contributed by atoms with Crippen molar-refractivity contribution in [2.75, 3.05) is 11.4 Å². The molecule has 1 N–H and O–H groups in total. The van der Waals surface area contributed by atoms with Crippen molar-refractivity contribution in [3.8, 4) is 12.1 Å². The normalized spacial score (nSPS) is 22.5. The van der Waals surface area contributed by atoms with Gasteiger partial charge in [-0.1, -0.05) is 17.7 Å². The van der Waals surface area contributed by atoms with Crippen molar-refractivity contribution in [3.63, 3.8) is 0 Å². The van der Waals surface area contributed by atoms with Crippen LogP contribution in [0.3, 0.4) is 0 Å². The Balaban J connectivity index is 1.96. The lowest BCUT2D eigenvalue weighted by molar-refractivity contribution is 0.0326. The number of halogens is 2. The fourth-order valence-corrected chi connectivity index (χ4v) is 3.42. The molecular weight excluding hydrogens is 343 g/mol. The lowest BCUT2D eigenvalue weighted by Crippen LogP contribution is -2.40. The summed E-state index contributed by atoms with van der Waals surface area (Å²) in [6.07, 6.45) is 1.85.